The Bertz CT molecular complexity index is 764. The molecule has 1 N–H and O–H groups in total. The first-order chi connectivity index (χ1) is 10.9. The molecule has 0 unspecified atom stereocenters. The highest BCUT2D eigenvalue weighted by Crippen LogP contribution is 2.33. The number of hydrogen-bond acceptors (Lipinski definition) is 3. The van der Waals surface area contributed by atoms with Gasteiger partial charge in [-0.05, 0) is 25.0 Å². The zero-order valence-corrected chi connectivity index (χ0v) is 14.9. The van der Waals surface area contributed by atoms with Crippen LogP contribution in [0.5, 0.6) is 5.75 Å². The smallest absolute Gasteiger partial charge is 0.242 e. The topological polar surface area (TPSA) is 55.4 Å². The van der Waals surface area contributed by atoms with E-state index in [4.69, 9.17) is 27.9 Å². The number of hydrogen-bond donors (Lipinski definition) is 1. The Labute approximate surface area is 146 Å². The molecule has 0 aliphatic rings. The van der Waals surface area contributed by atoms with Gasteiger partial charge in [0.1, 0.15) is 10.6 Å². The molecule has 2 aromatic carbocycles. The highest BCUT2D eigenvalue weighted by molar-refractivity contribution is 7.89. The van der Waals surface area contributed by atoms with Crippen LogP contribution in [0.25, 0.3) is 0 Å². The molecule has 0 fully saturated rings. The number of rotatable bonds is 7. The molecule has 0 amide bonds. The van der Waals surface area contributed by atoms with Crippen molar-refractivity contribution in [3.63, 3.8) is 0 Å². The molecule has 0 saturated carbocycles. The molecule has 23 heavy (non-hydrogen) atoms. The number of sulfonamides is 1. The highest BCUT2D eigenvalue weighted by atomic mass is 35.5. The second kappa shape index (κ2) is 8.02. The first kappa shape index (κ1) is 18.1. The summed E-state index contributed by atoms with van der Waals surface area (Å²) in [7, 11) is -3.74. The molecule has 124 valence electrons. The van der Waals surface area contributed by atoms with Crippen molar-refractivity contribution in [2.45, 2.75) is 18.2 Å². The Morgan fingerprint density at radius 1 is 1.09 bits per heavy atom. The maximum atomic E-state index is 12.4. The first-order valence-corrected chi connectivity index (χ1v) is 9.33. The predicted octanol–water partition coefficient (Wildman–Crippen LogP) is 3.91. The lowest BCUT2D eigenvalue weighted by Gasteiger charge is -2.12. The summed E-state index contributed by atoms with van der Waals surface area (Å²) in [6.45, 7) is 2.49. The van der Waals surface area contributed by atoms with Crippen molar-refractivity contribution < 1.29 is 13.2 Å². The maximum Gasteiger partial charge on any atom is 0.242 e. The van der Waals surface area contributed by atoms with Gasteiger partial charge in [-0.25, -0.2) is 13.1 Å². The average molecular weight is 374 g/mol. The van der Waals surface area contributed by atoms with Gasteiger partial charge >= 0.3 is 0 Å². The normalized spacial score (nSPS) is 11.4. The Morgan fingerprint density at radius 2 is 1.78 bits per heavy atom. The van der Waals surface area contributed by atoms with Crippen LogP contribution in [-0.4, -0.2) is 21.6 Å². The van der Waals surface area contributed by atoms with E-state index in [2.05, 4.69) is 4.72 Å². The highest BCUT2D eigenvalue weighted by Gasteiger charge is 2.20. The third kappa shape index (κ3) is 4.85. The summed E-state index contributed by atoms with van der Waals surface area (Å²) >= 11 is 12.1. The van der Waals surface area contributed by atoms with Gasteiger partial charge < -0.3 is 4.74 Å². The molecule has 0 spiro atoms. The van der Waals surface area contributed by atoms with Crippen molar-refractivity contribution in [2.75, 3.05) is 13.2 Å². The van der Waals surface area contributed by atoms with Crippen molar-refractivity contribution >= 4 is 33.2 Å². The minimum absolute atomic E-state index is 0.0549. The van der Waals surface area contributed by atoms with E-state index < -0.39 is 10.0 Å². The van der Waals surface area contributed by atoms with Crippen LogP contribution in [0.1, 0.15) is 12.5 Å². The predicted molar refractivity (Wildman–Crippen MR) is 93.0 cm³/mol. The van der Waals surface area contributed by atoms with Crippen LogP contribution < -0.4 is 9.46 Å². The van der Waals surface area contributed by atoms with Crippen molar-refractivity contribution in [1.29, 1.82) is 0 Å². The van der Waals surface area contributed by atoms with E-state index in [-0.39, 0.29) is 21.5 Å². The molecule has 0 bridgehead atoms. The van der Waals surface area contributed by atoms with Crippen molar-refractivity contribution in [2.24, 2.45) is 0 Å². The molecule has 4 nitrogen and oxygen atoms in total. The molecule has 0 aliphatic heterocycles. The van der Waals surface area contributed by atoms with Crippen LogP contribution >= 0.6 is 23.2 Å². The summed E-state index contributed by atoms with van der Waals surface area (Å²) < 4.78 is 32.6. The van der Waals surface area contributed by atoms with Crippen LogP contribution in [0.4, 0.5) is 0 Å². The van der Waals surface area contributed by atoms with Gasteiger partial charge in [0.15, 0.2) is 0 Å². The van der Waals surface area contributed by atoms with Gasteiger partial charge in [-0.2, -0.15) is 0 Å². The summed E-state index contributed by atoms with van der Waals surface area (Å²) in [5, 5.41) is 0.282. The van der Waals surface area contributed by atoms with E-state index in [0.717, 1.165) is 5.56 Å². The standard InChI is InChI=1S/C16H17Cl2NO3S/c1-2-22-15-10-14(18)16(11-13(15)17)23(20,21)19-9-8-12-6-4-3-5-7-12/h3-7,10-11,19H,2,8-9H2,1H3. The van der Waals surface area contributed by atoms with Gasteiger partial charge in [0.05, 0.1) is 16.7 Å². The minimum atomic E-state index is -3.74. The lowest BCUT2D eigenvalue weighted by Crippen LogP contribution is -2.26. The summed E-state index contributed by atoms with van der Waals surface area (Å²) in [5.41, 5.74) is 1.05. The number of nitrogens with one attached hydrogen (secondary N) is 1. The lowest BCUT2D eigenvalue weighted by atomic mass is 10.2. The van der Waals surface area contributed by atoms with Crippen LogP contribution in [0.3, 0.4) is 0 Å². The molecular weight excluding hydrogens is 357 g/mol. The Hall–Kier alpha value is -1.27. The van der Waals surface area contributed by atoms with Crippen LogP contribution in [0.15, 0.2) is 47.4 Å². The number of benzene rings is 2. The summed E-state index contributed by atoms with van der Waals surface area (Å²) in [6.07, 6.45) is 0.586. The molecule has 2 aromatic rings. The molecule has 7 heteroatoms. The summed E-state index contributed by atoms with van der Waals surface area (Å²) in [6, 6.07) is 12.3. The number of halogens is 2. The third-order valence-corrected chi connectivity index (χ3v) is 5.35. The molecule has 0 saturated heterocycles. The van der Waals surface area contributed by atoms with E-state index in [9.17, 15) is 8.42 Å². The van der Waals surface area contributed by atoms with Gasteiger partial charge in [0.2, 0.25) is 10.0 Å². The molecule has 0 aromatic heterocycles. The average Bonchev–Trinajstić information content (AvgIpc) is 2.51. The van der Waals surface area contributed by atoms with E-state index in [1.54, 1.807) is 6.92 Å². The van der Waals surface area contributed by atoms with Crippen molar-refractivity contribution in [3.05, 3.63) is 58.1 Å². The Morgan fingerprint density at radius 3 is 2.43 bits per heavy atom. The van der Waals surface area contributed by atoms with Gasteiger partial charge in [-0.1, -0.05) is 53.5 Å². The van der Waals surface area contributed by atoms with Crippen LogP contribution in [0.2, 0.25) is 10.0 Å². The Kier molecular flexibility index (Phi) is 6.30. The fourth-order valence-electron chi connectivity index (χ4n) is 2.03. The van der Waals surface area contributed by atoms with Crippen molar-refractivity contribution in [1.82, 2.24) is 4.72 Å². The molecule has 0 heterocycles. The van der Waals surface area contributed by atoms with Gasteiger partial charge in [-0.3, -0.25) is 0 Å². The first-order valence-electron chi connectivity index (χ1n) is 7.09. The van der Waals surface area contributed by atoms with E-state index in [1.165, 1.54) is 12.1 Å². The van der Waals surface area contributed by atoms with E-state index in [1.807, 2.05) is 30.3 Å². The fraction of sp³-hybridized carbons (Fsp3) is 0.250. The maximum absolute atomic E-state index is 12.4. The molecule has 0 atom stereocenters. The third-order valence-electron chi connectivity index (χ3n) is 3.12. The van der Waals surface area contributed by atoms with Crippen LogP contribution in [0, 0.1) is 0 Å². The Balaban J connectivity index is 2.11. The van der Waals surface area contributed by atoms with E-state index >= 15 is 0 Å². The van der Waals surface area contributed by atoms with Gasteiger partial charge in [0, 0.05) is 12.6 Å². The molecular formula is C16H17Cl2NO3S. The SMILES string of the molecule is CCOc1cc(Cl)c(S(=O)(=O)NCCc2ccccc2)cc1Cl. The minimum Gasteiger partial charge on any atom is -0.492 e. The molecule has 0 radical (unpaired) electrons. The summed E-state index contributed by atoms with van der Waals surface area (Å²) in [5.74, 6) is 0.363. The van der Waals surface area contributed by atoms with Gasteiger partial charge in [0.25, 0.3) is 0 Å². The number of ether oxygens (including phenoxy) is 1. The molecule has 0 aliphatic carbocycles. The second-order valence-corrected chi connectivity index (χ2v) is 7.33. The summed E-state index contributed by atoms with van der Waals surface area (Å²) in [4.78, 5) is -0.0549. The van der Waals surface area contributed by atoms with Crippen molar-refractivity contribution in [3.8, 4) is 5.75 Å². The fourth-order valence-corrected chi connectivity index (χ4v) is 3.89. The quantitative estimate of drug-likeness (QED) is 0.800. The second-order valence-electron chi connectivity index (χ2n) is 4.78. The zero-order valence-electron chi connectivity index (χ0n) is 12.6. The molecule has 2 rings (SSSR count). The monoisotopic (exact) mass is 373 g/mol. The largest absolute Gasteiger partial charge is 0.492 e. The lowest BCUT2D eigenvalue weighted by molar-refractivity contribution is 0.340. The van der Waals surface area contributed by atoms with Gasteiger partial charge in [-0.15, -0.1) is 0 Å². The zero-order chi connectivity index (χ0) is 16.9. The van der Waals surface area contributed by atoms with E-state index in [0.29, 0.717) is 18.8 Å². The van der Waals surface area contributed by atoms with Crippen LogP contribution in [-0.2, 0) is 16.4 Å².